The molecule has 1 aliphatic heterocycles. The minimum Gasteiger partial charge on any atom is -0.496 e. The predicted molar refractivity (Wildman–Crippen MR) is 154 cm³/mol. The monoisotopic (exact) mass is 501 g/mol. The first-order valence-electron chi connectivity index (χ1n) is 12.6. The standard InChI is InChI=1S/C32H39NO4/c1-22(2)16-19-33(20-17-23(3)4)27-21-24(10-13-30(27)36-8)9-12-28(34)25-11-14-29(35-7)26-15-18-32(5,6)37-31(25)26/h9-18,21H,19-20H2,1-8H3. The molecule has 0 fully saturated rings. The summed E-state index contributed by atoms with van der Waals surface area (Å²) in [4.78, 5) is 15.6. The molecular weight excluding hydrogens is 462 g/mol. The number of nitrogens with zero attached hydrogens (tertiary/aromatic N) is 1. The number of allylic oxidation sites excluding steroid dienone is 3. The maximum Gasteiger partial charge on any atom is 0.189 e. The van der Waals surface area contributed by atoms with Crippen LogP contribution >= 0.6 is 0 Å². The second kappa shape index (κ2) is 12.0. The molecule has 0 N–H and O–H groups in total. The highest BCUT2D eigenvalue weighted by molar-refractivity contribution is 6.09. The maximum atomic E-state index is 13.3. The molecule has 2 aromatic rings. The highest BCUT2D eigenvalue weighted by Gasteiger charge is 2.27. The molecule has 0 unspecified atom stereocenters. The maximum absolute atomic E-state index is 13.3. The SMILES string of the molecule is COc1ccc(C=CC(=O)c2ccc(OC)c3c2OC(C)(C)C=C3)cc1N(CC=C(C)C)CC=C(C)C. The fourth-order valence-corrected chi connectivity index (χ4v) is 3.98. The van der Waals surface area contributed by atoms with E-state index in [9.17, 15) is 4.79 Å². The third kappa shape index (κ3) is 7.16. The molecule has 0 saturated carbocycles. The molecule has 196 valence electrons. The van der Waals surface area contributed by atoms with Gasteiger partial charge in [0.2, 0.25) is 0 Å². The van der Waals surface area contributed by atoms with E-state index in [4.69, 9.17) is 14.2 Å². The van der Waals surface area contributed by atoms with Crippen molar-refractivity contribution in [2.75, 3.05) is 32.2 Å². The van der Waals surface area contributed by atoms with Crippen LogP contribution in [0.2, 0.25) is 0 Å². The average Bonchev–Trinajstić information content (AvgIpc) is 2.85. The first-order chi connectivity index (χ1) is 17.5. The third-order valence-electron chi connectivity index (χ3n) is 6.07. The van der Waals surface area contributed by atoms with Crippen LogP contribution in [0.1, 0.15) is 63.0 Å². The highest BCUT2D eigenvalue weighted by Crippen LogP contribution is 2.40. The topological polar surface area (TPSA) is 48.0 Å². The number of rotatable bonds is 10. The van der Waals surface area contributed by atoms with Crippen molar-refractivity contribution in [3.05, 3.63) is 82.5 Å². The lowest BCUT2D eigenvalue weighted by Crippen LogP contribution is -2.28. The smallest absolute Gasteiger partial charge is 0.189 e. The average molecular weight is 502 g/mol. The summed E-state index contributed by atoms with van der Waals surface area (Å²) in [6, 6.07) is 9.54. The zero-order valence-corrected chi connectivity index (χ0v) is 23.3. The van der Waals surface area contributed by atoms with Crippen molar-refractivity contribution < 1.29 is 19.0 Å². The van der Waals surface area contributed by atoms with Crippen molar-refractivity contribution in [2.45, 2.75) is 47.1 Å². The van der Waals surface area contributed by atoms with Gasteiger partial charge in [-0.2, -0.15) is 0 Å². The zero-order valence-electron chi connectivity index (χ0n) is 23.3. The van der Waals surface area contributed by atoms with Gasteiger partial charge in [-0.1, -0.05) is 35.4 Å². The van der Waals surface area contributed by atoms with Crippen molar-refractivity contribution in [1.29, 1.82) is 0 Å². The van der Waals surface area contributed by atoms with Crippen molar-refractivity contribution in [3.63, 3.8) is 0 Å². The molecule has 1 heterocycles. The van der Waals surface area contributed by atoms with E-state index in [0.29, 0.717) is 17.1 Å². The molecule has 0 bridgehead atoms. The van der Waals surface area contributed by atoms with E-state index < -0.39 is 5.60 Å². The summed E-state index contributed by atoms with van der Waals surface area (Å²) >= 11 is 0. The summed E-state index contributed by atoms with van der Waals surface area (Å²) in [5.74, 6) is 1.88. The Hall–Kier alpha value is -3.73. The van der Waals surface area contributed by atoms with Gasteiger partial charge in [0.1, 0.15) is 22.8 Å². The Balaban J connectivity index is 1.95. The number of ketones is 1. The normalized spacial score (nSPS) is 13.4. The molecule has 0 aliphatic carbocycles. The molecule has 1 aliphatic rings. The molecule has 3 rings (SSSR count). The van der Waals surface area contributed by atoms with Gasteiger partial charge in [-0.25, -0.2) is 0 Å². The van der Waals surface area contributed by atoms with Gasteiger partial charge < -0.3 is 19.1 Å². The number of fused-ring (bicyclic) bond motifs is 1. The number of hydrogen-bond donors (Lipinski definition) is 0. The van der Waals surface area contributed by atoms with Crippen molar-refractivity contribution in [2.24, 2.45) is 0 Å². The number of anilines is 1. The molecule has 37 heavy (non-hydrogen) atoms. The van der Waals surface area contributed by atoms with Crippen LogP contribution in [0, 0.1) is 0 Å². The van der Waals surface area contributed by atoms with Crippen LogP contribution in [0.3, 0.4) is 0 Å². The van der Waals surface area contributed by atoms with Gasteiger partial charge in [-0.05, 0) is 89.6 Å². The molecule has 0 amide bonds. The second-order valence-electron chi connectivity index (χ2n) is 10.2. The molecule has 2 aromatic carbocycles. The van der Waals surface area contributed by atoms with E-state index in [1.807, 2.05) is 50.3 Å². The summed E-state index contributed by atoms with van der Waals surface area (Å²) in [6.07, 6.45) is 11.8. The van der Waals surface area contributed by atoms with Crippen LogP contribution in [0.15, 0.2) is 65.8 Å². The number of hydrogen-bond acceptors (Lipinski definition) is 5. The van der Waals surface area contributed by atoms with E-state index in [1.165, 1.54) is 11.1 Å². The minimum atomic E-state index is -0.511. The minimum absolute atomic E-state index is 0.131. The number of carbonyl (C=O) groups excluding carboxylic acids is 1. The Morgan fingerprint density at radius 2 is 1.57 bits per heavy atom. The van der Waals surface area contributed by atoms with Crippen molar-refractivity contribution in [3.8, 4) is 17.2 Å². The largest absolute Gasteiger partial charge is 0.496 e. The van der Waals surface area contributed by atoms with Crippen LogP contribution in [-0.2, 0) is 0 Å². The Morgan fingerprint density at radius 3 is 2.16 bits per heavy atom. The van der Waals surface area contributed by atoms with Crippen LogP contribution in [-0.4, -0.2) is 38.7 Å². The Labute approximate surface area is 221 Å². The number of methoxy groups -OCH3 is 2. The van der Waals surface area contributed by atoms with Gasteiger partial charge in [0.25, 0.3) is 0 Å². The molecule has 0 radical (unpaired) electrons. The fourth-order valence-electron chi connectivity index (χ4n) is 3.98. The van der Waals surface area contributed by atoms with E-state index >= 15 is 0 Å². The summed E-state index contributed by atoms with van der Waals surface area (Å²) in [6.45, 7) is 13.8. The number of benzene rings is 2. The number of ether oxygens (including phenoxy) is 3. The fraction of sp³-hybridized carbons (Fsp3) is 0.344. The van der Waals surface area contributed by atoms with Crippen LogP contribution in [0.5, 0.6) is 17.2 Å². The summed E-state index contributed by atoms with van der Waals surface area (Å²) in [5.41, 5.74) is 5.17. The number of carbonyl (C=O) groups is 1. The van der Waals surface area contributed by atoms with E-state index in [-0.39, 0.29) is 5.78 Å². The lowest BCUT2D eigenvalue weighted by molar-refractivity contribution is 0.103. The van der Waals surface area contributed by atoms with Gasteiger partial charge in [-0.3, -0.25) is 4.79 Å². The molecule has 0 aromatic heterocycles. The van der Waals surface area contributed by atoms with Crippen LogP contribution in [0.25, 0.3) is 12.2 Å². The summed E-state index contributed by atoms with van der Waals surface area (Å²) in [7, 11) is 3.30. The van der Waals surface area contributed by atoms with E-state index in [0.717, 1.165) is 35.7 Å². The van der Waals surface area contributed by atoms with Gasteiger partial charge in [0.15, 0.2) is 5.78 Å². The highest BCUT2D eigenvalue weighted by atomic mass is 16.5. The molecular formula is C32H39NO4. The van der Waals surface area contributed by atoms with Gasteiger partial charge in [-0.15, -0.1) is 0 Å². The second-order valence-corrected chi connectivity index (χ2v) is 10.2. The van der Waals surface area contributed by atoms with Crippen molar-refractivity contribution in [1.82, 2.24) is 0 Å². The lowest BCUT2D eigenvalue weighted by atomic mass is 9.97. The molecule has 0 atom stereocenters. The Morgan fingerprint density at radius 1 is 0.946 bits per heavy atom. The first-order valence-corrected chi connectivity index (χ1v) is 12.6. The van der Waals surface area contributed by atoms with E-state index in [1.54, 1.807) is 26.4 Å². The van der Waals surface area contributed by atoms with Crippen molar-refractivity contribution >= 4 is 23.6 Å². The van der Waals surface area contributed by atoms with Crippen LogP contribution in [0.4, 0.5) is 5.69 Å². The van der Waals surface area contributed by atoms with Gasteiger partial charge >= 0.3 is 0 Å². The van der Waals surface area contributed by atoms with E-state index in [2.05, 4.69) is 50.8 Å². The zero-order chi connectivity index (χ0) is 27.2. The molecule has 5 heteroatoms. The quantitative estimate of drug-likeness (QED) is 0.191. The Kier molecular flexibility index (Phi) is 9.04. The van der Waals surface area contributed by atoms with Crippen LogP contribution < -0.4 is 19.1 Å². The predicted octanol–water partition coefficient (Wildman–Crippen LogP) is 7.52. The first kappa shape index (κ1) is 27.9. The third-order valence-corrected chi connectivity index (χ3v) is 6.07. The van der Waals surface area contributed by atoms with Gasteiger partial charge in [0.05, 0.1) is 31.0 Å². The lowest BCUT2D eigenvalue weighted by Gasteiger charge is -2.29. The summed E-state index contributed by atoms with van der Waals surface area (Å²) < 4.78 is 17.4. The molecule has 0 saturated heterocycles. The van der Waals surface area contributed by atoms with Gasteiger partial charge in [0, 0.05) is 13.1 Å². The molecule has 5 nitrogen and oxygen atoms in total. The summed E-state index contributed by atoms with van der Waals surface area (Å²) in [5, 5.41) is 0. The molecule has 0 spiro atoms. The Bertz CT molecular complexity index is 1240.